The molecular weight excluding hydrogens is 315 g/mol. The van der Waals surface area contributed by atoms with E-state index in [4.69, 9.17) is 14.6 Å². The maximum Gasteiger partial charge on any atom is 0.319 e. The van der Waals surface area contributed by atoms with Crippen molar-refractivity contribution in [1.82, 2.24) is 5.32 Å². The second-order valence-corrected chi connectivity index (χ2v) is 4.87. The number of halogens is 1. The lowest BCUT2D eigenvalue weighted by Crippen LogP contribution is -2.28. The van der Waals surface area contributed by atoms with Crippen molar-refractivity contribution in [3.05, 3.63) is 53.8 Å². The van der Waals surface area contributed by atoms with Crippen molar-refractivity contribution < 1.29 is 23.8 Å². The summed E-state index contributed by atoms with van der Waals surface area (Å²) in [7, 11) is 1.51. The van der Waals surface area contributed by atoms with E-state index in [1.54, 1.807) is 18.2 Å². The van der Waals surface area contributed by atoms with Crippen LogP contribution in [-0.4, -0.2) is 31.5 Å². The average Bonchev–Trinajstić information content (AvgIpc) is 2.60. The number of anilines is 1. The molecule has 0 aliphatic rings. The summed E-state index contributed by atoms with van der Waals surface area (Å²) >= 11 is 0. The molecule has 0 aliphatic carbocycles. The van der Waals surface area contributed by atoms with Crippen molar-refractivity contribution in [1.29, 1.82) is 0 Å². The molecule has 2 rings (SSSR count). The number of hydrogen-bond donors (Lipinski definition) is 3. The Balaban J connectivity index is 1.91. The molecule has 128 valence electrons. The number of urea groups is 1. The first kappa shape index (κ1) is 17.6. The summed E-state index contributed by atoms with van der Waals surface area (Å²) < 4.78 is 23.4. The van der Waals surface area contributed by atoms with Gasteiger partial charge in [0.05, 0.1) is 13.7 Å². The smallest absolute Gasteiger partial charge is 0.319 e. The molecule has 0 unspecified atom stereocenters. The average molecular weight is 334 g/mol. The number of ether oxygens (including phenoxy) is 2. The number of carbonyl (C=O) groups excluding carboxylic acids is 1. The Morgan fingerprint density at radius 3 is 2.58 bits per heavy atom. The number of nitrogens with one attached hydrogen (secondary N) is 2. The molecule has 24 heavy (non-hydrogen) atoms. The second kappa shape index (κ2) is 8.73. The van der Waals surface area contributed by atoms with Gasteiger partial charge in [-0.25, -0.2) is 9.18 Å². The Morgan fingerprint density at radius 1 is 1.17 bits per heavy atom. The first-order valence-electron chi connectivity index (χ1n) is 7.33. The molecule has 2 amide bonds. The molecule has 2 aromatic carbocycles. The number of methoxy groups -OCH3 is 1. The number of carbonyl (C=O) groups is 1. The molecule has 0 spiro atoms. The number of benzene rings is 2. The molecule has 0 heterocycles. The highest BCUT2D eigenvalue weighted by Crippen LogP contribution is 2.27. The molecule has 3 N–H and O–H groups in total. The van der Waals surface area contributed by atoms with Gasteiger partial charge in [-0.1, -0.05) is 6.07 Å². The van der Waals surface area contributed by atoms with E-state index in [9.17, 15) is 9.18 Å². The predicted molar refractivity (Wildman–Crippen MR) is 87.8 cm³/mol. The highest BCUT2D eigenvalue weighted by Gasteiger charge is 2.07. The summed E-state index contributed by atoms with van der Waals surface area (Å²) in [6.45, 7) is 0.369. The van der Waals surface area contributed by atoms with Crippen LogP contribution in [0.4, 0.5) is 14.9 Å². The zero-order chi connectivity index (χ0) is 17.4. The van der Waals surface area contributed by atoms with Gasteiger partial charge in [-0.3, -0.25) is 0 Å². The van der Waals surface area contributed by atoms with Gasteiger partial charge in [0.1, 0.15) is 12.4 Å². The van der Waals surface area contributed by atoms with Crippen LogP contribution in [0.25, 0.3) is 0 Å². The standard InChI is InChI=1S/C17H19FN2O4/c1-23-16-10-12(2-7-15(16)24-9-8-21)11-19-17(22)20-14-5-3-13(18)4-6-14/h2-7,10,21H,8-9,11H2,1H3,(H2,19,20,22). The predicted octanol–water partition coefficient (Wildman–Crippen LogP) is 2.53. The molecule has 0 fully saturated rings. The van der Waals surface area contributed by atoms with E-state index in [2.05, 4.69) is 10.6 Å². The molecule has 2 aromatic rings. The van der Waals surface area contributed by atoms with E-state index in [0.29, 0.717) is 17.2 Å². The maximum atomic E-state index is 12.8. The summed E-state index contributed by atoms with van der Waals surface area (Å²) in [4.78, 5) is 11.8. The molecule has 6 nitrogen and oxygen atoms in total. The van der Waals surface area contributed by atoms with Gasteiger partial charge in [0.2, 0.25) is 0 Å². The van der Waals surface area contributed by atoms with Crippen LogP contribution in [0.5, 0.6) is 11.5 Å². The van der Waals surface area contributed by atoms with Gasteiger partial charge in [0.25, 0.3) is 0 Å². The molecule has 0 radical (unpaired) electrons. The van der Waals surface area contributed by atoms with E-state index in [0.717, 1.165) is 5.56 Å². The van der Waals surface area contributed by atoms with Gasteiger partial charge < -0.3 is 25.2 Å². The van der Waals surface area contributed by atoms with Crippen molar-refractivity contribution in [2.75, 3.05) is 25.6 Å². The number of hydrogen-bond acceptors (Lipinski definition) is 4. The minimum atomic E-state index is -0.402. The maximum absolute atomic E-state index is 12.8. The third kappa shape index (κ3) is 5.13. The monoisotopic (exact) mass is 334 g/mol. The van der Waals surface area contributed by atoms with E-state index in [1.165, 1.54) is 31.4 Å². The van der Waals surface area contributed by atoms with E-state index in [1.807, 2.05) is 0 Å². The van der Waals surface area contributed by atoms with Crippen molar-refractivity contribution in [3.63, 3.8) is 0 Å². The summed E-state index contributed by atoms with van der Waals surface area (Å²) in [5.41, 5.74) is 1.32. The molecule has 0 bridgehead atoms. The number of rotatable bonds is 7. The fourth-order valence-electron chi connectivity index (χ4n) is 1.99. The van der Waals surface area contributed by atoms with Crippen LogP contribution < -0.4 is 20.1 Å². The third-order valence-corrected chi connectivity index (χ3v) is 3.13. The lowest BCUT2D eigenvalue weighted by atomic mass is 10.2. The molecule has 0 atom stereocenters. The van der Waals surface area contributed by atoms with Crippen LogP contribution in [-0.2, 0) is 6.54 Å². The molecule has 0 saturated heterocycles. The minimum absolute atomic E-state index is 0.0873. The first-order chi connectivity index (χ1) is 11.6. The molecule has 7 heteroatoms. The summed E-state index contributed by atoms with van der Waals surface area (Å²) in [6, 6.07) is 10.3. The quantitative estimate of drug-likeness (QED) is 0.727. The lowest BCUT2D eigenvalue weighted by Gasteiger charge is -2.12. The van der Waals surface area contributed by atoms with Crippen LogP contribution in [0.15, 0.2) is 42.5 Å². The van der Waals surface area contributed by atoms with Crippen LogP contribution in [0.3, 0.4) is 0 Å². The number of aliphatic hydroxyl groups excluding tert-OH is 1. The van der Waals surface area contributed by atoms with Crippen molar-refractivity contribution in [2.24, 2.45) is 0 Å². The Hall–Kier alpha value is -2.80. The zero-order valence-corrected chi connectivity index (χ0v) is 13.2. The van der Waals surface area contributed by atoms with Crippen LogP contribution in [0, 0.1) is 5.82 Å². The van der Waals surface area contributed by atoms with Gasteiger partial charge in [0.15, 0.2) is 11.5 Å². The topological polar surface area (TPSA) is 79.8 Å². The third-order valence-electron chi connectivity index (χ3n) is 3.13. The Kier molecular flexibility index (Phi) is 6.39. The molecule has 0 aliphatic heterocycles. The van der Waals surface area contributed by atoms with Gasteiger partial charge >= 0.3 is 6.03 Å². The number of aliphatic hydroxyl groups is 1. The van der Waals surface area contributed by atoms with Gasteiger partial charge in [-0.2, -0.15) is 0 Å². The molecule has 0 aromatic heterocycles. The largest absolute Gasteiger partial charge is 0.493 e. The number of amides is 2. The van der Waals surface area contributed by atoms with Crippen molar-refractivity contribution >= 4 is 11.7 Å². The van der Waals surface area contributed by atoms with Gasteiger partial charge in [-0.05, 0) is 42.0 Å². The lowest BCUT2D eigenvalue weighted by molar-refractivity contribution is 0.196. The van der Waals surface area contributed by atoms with Crippen molar-refractivity contribution in [2.45, 2.75) is 6.54 Å². The van der Waals surface area contributed by atoms with Gasteiger partial charge in [-0.15, -0.1) is 0 Å². The van der Waals surface area contributed by atoms with Crippen LogP contribution in [0.1, 0.15) is 5.56 Å². The fraction of sp³-hybridized carbons (Fsp3) is 0.235. The second-order valence-electron chi connectivity index (χ2n) is 4.87. The first-order valence-corrected chi connectivity index (χ1v) is 7.33. The zero-order valence-electron chi connectivity index (χ0n) is 13.2. The fourth-order valence-corrected chi connectivity index (χ4v) is 1.99. The highest BCUT2D eigenvalue weighted by molar-refractivity contribution is 5.89. The Labute approximate surface area is 139 Å². The van der Waals surface area contributed by atoms with E-state index >= 15 is 0 Å². The van der Waals surface area contributed by atoms with Crippen LogP contribution in [0.2, 0.25) is 0 Å². The van der Waals surface area contributed by atoms with E-state index in [-0.39, 0.29) is 25.6 Å². The highest BCUT2D eigenvalue weighted by atomic mass is 19.1. The normalized spacial score (nSPS) is 10.1. The van der Waals surface area contributed by atoms with Gasteiger partial charge in [0, 0.05) is 12.2 Å². The minimum Gasteiger partial charge on any atom is -0.493 e. The van der Waals surface area contributed by atoms with Crippen molar-refractivity contribution in [3.8, 4) is 11.5 Å². The summed E-state index contributed by atoms with van der Waals surface area (Å²) in [5.74, 6) is 0.671. The SMILES string of the molecule is COc1cc(CNC(=O)Nc2ccc(F)cc2)ccc1OCCO. The van der Waals surface area contributed by atoms with Crippen LogP contribution >= 0.6 is 0 Å². The summed E-state index contributed by atoms with van der Waals surface area (Å²) in [5, 5.41) is 14.1. The van der Waals surface area contributed by atoms with E-state index < -0.39 is 6.03 Å². The molecular formula is C17H19FN2O4. The molecule has 0 saturated carbocycles. The Morgan fingerprint density at radius 2 is 1.92 bits per heavy atom. The summed E-state index contributed by atoms with van der Waals surface area (Å²) in [6.07, 6.45) is 0. The Bertz CT molecular complexity index is 677.